The van der Waals surface area contributed by atoms with Gasteiger partial charge in [0.1, 0.15) is 0 Å². The summed E-state index contributed by atoms with van der Waals surface area (Å²) in [5.41, 5.74) is 9.23. The first-order valence-corrected chi connectivity index (χ1v) is 6.24. The highest BCUT2D eigenvalue weighted by Gasteiger charge is 2.17. The number of anilines is 2. The van der Waals surface area contributed by atoms with E-state index >= 15 is 0 Å². The van der Waals surface area contributed by atoms with Crippen LogP contribution in [0.4, 0.5) is 11.4 Å². The van der Waals surface area contributed by atoms with Crippen molar-refractivity contribution in [3.8, 4) is 0 Å². The Morgan fingerprint density at radius 3 is 2.62 bits per heavy atom. The molecular formula is C14H22N2. The molecular weight excluding hydrogens is 196 g/mol. The van der Waals surface area contributed by atoms with Crippen molar-refractivity contribution in [2.24, 2.45) is 5.92 Å². The van der Waals surface area contributed by atoms with Crippen molar-refractivity contribution in [1.29, 1.82) is 0 Å². The average molecular weight is 218 g/mol. The third-order valence-electron chi connectivity index (χ3n) is 3.64. The summed E-state index contributed by atoms with van der Waals surface area (Å²) < 4.78 is 0. The molecule has 0 saturated heterocycles. The highest BCUT2D eigenvalue weighted by Crippen LogP contribution is 2.28. The van der Waals surface area contributed by atoms with Crippen LogP contribution in [0, 0.1) is 12.8 Å². The first-order valence-electron chi connectivity index (χ1n) is 6.24. The maximum absolute atomic E-state index is 5.77. The third kappa shape index (κ3) is 2.49. The molecule has 1 aliphatic carbocycles. The predicted molar refractivity (Wildman–Crippen MR) is 70.8 cm³/mol. The number of hydrogen-bond donors (Lipinski definition) is 1. The van der Waals surface area contributed by atoms with Crippen molar-refractivity contribution in [2.75, 3.05) is 24.2 Å². The van der Waals surface area contributed by atoms with Gasteiger partial charge in [-0.15, -0.1) is 0 Å². The summed E-state index contributed by atoms with van der Waals surface area (Å²) in [6.07, 6.45) is 5.63. The van der Waals surface area contributed by atoms with Crippen LogP contribution in [0.1, 0.15) is 31.2 Å². The normalized spacial score (nSPS) is 16.6. The van der Waals surface area contributed by atoms with Gasteiger partial charge in [0.15, 0.2) is 0 Å². The van der Waals surface area contributed by atoms with Gasteiger partial charge in [0, 0.05) is 25.0 Å². The molecule has 0 unspecified atom stereocenters. The Morgan fingerprint density at radius 2 is 2.00 bits per heavy atom. The Morgan fingerprint density at radius 1 is 1.31 bits per heavy atom. The van der Waals surface area contributed by atoms with Crippen LogP contribution in [0.2, 0.25) is 0 Å². The lowest BCUT2D eigenvalue weighted by atomic mass is 10.1. The van der Waals surface area contributed by atoms with Gasteiger partial charge in [0.05, 0.1) is 0 Å². The van der Waals surface area contributed by atoms with E-state index in [2.05, 4.69) is 31.0 Å². The number of rotatable bonds is 3. The second kappa shape index (κ2) is 4.77. The zero-order valence-electron chi connectivity index (χ0n) is 10.4. The van der Waals surface area contributed by atoms with Gasteiger partial charge in [-0.2, -0.15) is 0 Å². The molecule has 2 rings (SSSR count). The van der Waals surface area contributed by atoms with Crippen molar-refractivity contribution in [3.05, 3.63) is 23.8 Å². The third-order valence-corrected chi connectivity index (χ3v) is 3.64. The Bertz CT molecular complexity index is 354. The SMILES string of the molecule is Cc1cc(N)ccc1N(C)CC1CCCC1. The van der Waals surface area contributed by atoms with E-state index in [4.69, 9.17) is 5.73 Å². The largest absolute Gasteiger partial charge is 0.399 e. The summed E-state index contributed by atoms with van der Waals surface area (Å²) in [7, 11) is 2.19. The lowest BCUT2D eigenvalue weighted by Gasteiger charge is -2.24. The molecule has 1 aromatic carbocycles. The molecule has 1 aliphatic rings. The predicted octanol–water partition coefficient (Wildman–Crippen LogP) is 3.20. The van der Waals surface area contributed by atoms with Gasteiger partial charge in [-0.3, -0.25) is 0 Å². The quantitative estimate of drug-likeness (QED) is 0.789. The van der Waals surface area contributed by atoms with Crippen molar-refractivity contribution < 1.29 is 0 Å². The van der Waals surface area contributed by atoms with Crippen LogP contribution >= 0.6 is 0 Å². The van der Waals surface area contributed by atoms with Crippen LogP contribution < -0.4 is 10.6 Å². The maximum Gasteiger partial charge on any atom is 0.0394 e. The van der Waals surface area contributed by atoms with Crippen LogP contribution in [0.15, 0.2) is 18.2 Å². The van der Waals surface area contributed by atoms with Gasteiger partial charge >= 0.3 is 0 Å². The molecule has 0 radical (unpaired) electrons. The number of hydrogen-bond acceptors (Lipinski definition) is 2. The molecule has 0 aliphatic heterocycles. The summed E-state index contributed by atoms with van der Waals surface area (Å²) in [4.78, 5) is 2.38. The molecule has 0 spiro atoms. The second-order valence-corrected chi connectivity index (χ2v) is 5.08. The summed E-state index contributed by atoms with van der Waals surface area (Å²) in [5, 5.41) is 0. The van der Waals surface area contributed by atoms with Crippen LogP contribution in [0.5, 0.6) is 0 Å². The van der Waals surface area contributed by atoms with E-state index in [1.165, 1.54) is 43.5 Å². The van der Waals surface area contributed by atoms with E-state index in [9.17, 15) is 0 Å². The van der Waals surface area contributed by atoms with Crippen LogP contribution in [-0.2, 0) is 0 Å². The fourth-order valence-electron chi connectivity index (χ4n) is 2.79. The van der Waals surface area contributed by atoms with Crippen LogP contribution in [0.3, 0.4) is 0 Å². The molecule has 0 bridgehead atoms. The van der Waals surface area contributed by atoms with Gasteiger partial charge in [0.25, 0.3) is 0 Å². The molecule has 0 heterocycles. The molecule has 16 heavy (non-hydrogen) atoms. The Kier molecular flexibility index (Phi) is 3.37. The van der Waals surface area contributed by atoms with Gasteiger partial charge in [0.2, 0.25) is 0 Å². The lowest BCUT2D eigenvalue weighted by Crippen LogP contribution is -2.24. The molecule has 1 saturated carbocycles. The molecule has 0 aromatic heterocycles. The van der Waals surface area contributed by atoms with Crippen molar-refractivity contribution in [3.63, 3.8) is 0 Å². The second-order valence-electron chi connectivity index (χ2n) is 5.08. The standard InChI is InChI=1S/C14H22N2/c1-11-9-13(15)7-8-14(11)16(2)10-12-5-3-4-6-12/h7-9,12H,3-6,10,15H2,1-2H3. The summed E-state index contributed by atoms with van der Waals surface area (Å²) >= 11 is 0. The molecule has 0 atom stereocenters. The first-order chi connectivity index (χ1) is 7.66. The first kappa shape index (κ1) is 11.3. The molecule has 88 valence electrons. The minimum Gasteiger partial charge on any atom is -0.399 e. The number of aryl methyl sites for hydroxylation is 1. The van der Waals surface area contributed by atoms with E-state index in [-0.39, 0.29) is 0 Å². The highest BCUT2D eigenvalue weighted by molar-refractivity contribution is 5.58. The molecule has 2 nitrogen and oxygen atoms in total. The van der Waals surface area contributed by atoms with Crippen LogP contribution in [-0.4, -0.2) is 13.6 Å². The smallest absolute Gasteiger partial charge is 0.0394 e. The van der Waals surface area contributed by atoms with Crippen molar-refractivity contribution in [2.45, 2.75) is 32.6 Å². The zero-order chi connectivity index (χ0) is 11.5. The molecule has 2 heteroatoms. The lowest BCUT2D eigenvalue weighted by molar-refractivity contribution is 0.547. The van der Waals surface area contributed by atoms with Crippen molar-refractivity contribution >= 4 is 11.4 Å². The highest BCUT2D eigenvalue weighted by atomic mass is 15.1. The Labute approximate surface area is 98.4 Å². The molecule has 2 N–H and O–H groups in total. The van der Waals surface area contributed by atoms with E-state index in [0.29, 0.717) is 0 Å². The van der Waals surface area contributed by atoms with Gasteiger partial charge < -0.3 is 10.6 Å². The maximum atomic E-state index is 5.77. The number of benzene rings is 1. The fourth-order valence-corrected chi connectivity index (χ4v) is 2.79. The van der Waals surface area contributed by atoms with Gasteiger partial charge in [-0.1, -0.05) is 12.8 Å². The van der Waals surface area contributed by atoms with E-state index < -0.39 is 0 Å². The molecule has 1 fully saturated rings. The summed E-state index contributed by atoms with van der Waals surface area (Å²) in [6.45, 7) is 3.32. The van der Waals surface area contributed by atoms with E-state index in [1.807, 2.05) is 6.07 Å². The summed E-state index contributed by atoms with van der Waals surface area (Å²) in [6, 6.07) is 6.19. The van der Waals surface area contributed by atoms with E-state index in [1.54, 1.807) is 0 Å². The Hall–Kier alpha value is -1.18. The number of nitrogen functional groups attached to an aromatic ring is 1. The van der Waals surface area contributed by atoms with Crippen LogP contribution in [0.25, 0.3) is 0 Å². The number of nitrogens with two attached hydrogens (primary N) is 1. The monoisotopic (exact) mass is 218 g/mol. The van der Waals surface area contributed by atoms with Gasteiger partial charge in [-0.25, -0.2) is 0 Å². The zero-order valence-corrected chi connectivity index (χ0v) is 10.4. The average Bonchev–Trinajstić information content (AvgIpc) is 2.70. The number of nitrogens with zero attached hydrogens (tertiary/aromatic N) is 1. The minimum atomic E-state index is 0.857. The molecule has 1 aromatic rings. The van der Waals surface area contributed by atoms with E-state index in [0.717, 1.165) is 11.6 Å². The minimum absolute atomic E-state index is 0.857. The summed E-state index contributed by atoms with van der Waals surface area (Å²) in [5.74, 6) is 0.891. The fraction of sp³-hybridized carbons (Fsp3) is 0.571. The Balaban J connectivity index is 2.04. The molecule has 0 amide bonds. The van der Waals surface area contributed by atoms with Gasteiger partial charge in [-0.05, 0) is 49.4 Å². The topological polar surface area (TPSA) is 29.3 Å². The van der Waals surface area contributed by atoms with Crippen molar-refractivity contribution in [1.82, 2.24) is 0 Å².